The number of pyridine rings is 2. The van der Waals surface area contributed by atoms with Crippen molar-refractivity contribution in [1.29, 1.82) is 0 Å². The topological polar surface area (TPSA) is 84.8 Å². The second kappa shape index (κ2) is 12.8. The van der Waals surface area contributed by atoms with Gasteiger partial charge in [0.2, 0.25) is 0 Å². The van der Waals surface area contributed by atoms with Gasteiger partial charge in [0.1, 0.15) is 17.0 Å². The van der Waals surface area contributed by atoms with Gasteiger partial charge in [-0.3, -0.25) is 9.88 Å². The SMILES string of the molecule is CC(C)(C)[Si](C)(C)OCc1nnn(Cc2ccccc2)c1-c1cc2c(cn1)[nH]c1ncc(-c3ccc(CN4CCCCC4)cc3)cc12. The van der Waals surface area contributed by atoms with Crippen molar-refractivity contribution in [2.24, 2.45) is 0 Å². The molecule has 0 unspecified atom stereocenters. The first-order valence-electron chi connectivity index (χ1n) is 16.8. The molecule has 7 rings (SSSR count). The van der Waals surface area contributed by atoms with E-state index in [1.54, 1.807) is 0 Å². The van der Waals surface area contributed by atoms with E-state index in [-0.39, 0.29) is 5.04 Å². The van der Waals surface area contributed by atoms with Crippen LogP contribution in [0.15, 0.2) is 79.1 Å². The summed E-state index contributed by atoms with van der Waals surface area (Å²) in [6, 6.07) is 23.7. The van der Waals surface area contributed by atoms with E-state index in [0.717, 1.165) is 56.7 Å². The third-order valence-corrected chi connectivity index (χ3v) is 14.6. The van der Waals surface area contributed by atoms with E-state index >= 15 is 0 Å². The molecule has 1 N–H and O–H groups in total. The first-order chi connectivity index (χ1) is 22.6. The monoisotopic (exact) mass is 643 g/mol. The Morgan fingerprint density at radius 1 is 0.809 bits per heavy atom. The number of aromatic nitrogens is 6. The fourth-order valence-electron chi connectivity index (χ4n) is 6.20. The molecule has 0 radical (unpaired) electrons. The molecule has 8 nitrogen and oxygen atoms in total. The van der Waals surface area contributed by atoms with Crippen molar-refractivity contribution in [2.45, 2.75) is 77.9 Å². The highest BCUT2D eigenvalue weighted by molar-refractivity contribution is 6.74. The average molecular weight is 644 g/mol. The minimum Gasteiger partial charge on any atom is -0.411 e. The number of benzene rings is 2. The Kier molecular flexibility index (Phi) is 8.55. The van der Waals surface area contributed by atoms with Crippen LogP contribution in [0.5, 0.6) is 0 Å². The number of fused-ring (bicyclic) bond motifs is 3. The minimum absolute atomic E-state index is 0.0900. The molecule has 4 aromatic heterocycles. The molecule has 47 heavy (non-hydrogen) atoms. The highest BCUT2D eigenvalue weighted by Gasteiger charge is 2.37. The summed E-state index contributed by atoms with van der Waals surface area (Å²) in [4.78, 5) is 15.8. The Hall–Kier alpha value is -4.18. The zero-order chi connectivity index (χ0) is 32.6. The lowest BCUT2D eigenvalue weighted by Crippen LogP contribution is -2.40. The number of piperidine rings is 1. The van der Waals surface area contributed by atoms with Crippen LogP contribution in [-0.2, 0) is 24.1 Å². The van der Waals surface area contributed by atoms with Gasteiger partial charge in [-0.25, -0.2) is 9.67 Å². The summed E-state index contributed by atoms with van der Waals surface area (Å²) < 4.78 is 8.60. The van der Waals surface area contributed by atoms with Crippen LogP contribution in [0.2, 0.25) is 18.1 Å². The Bertz CT molecular complexity index is 1980. The maximum Gasteiger partial charge on any atom is 0.192 e. The van der Waals surface area contributed by atoms with Crippen LogP contribution in [0.25, 0.3) is 44.5 Å². The molecule has 0 bridgehead atoms. The van der Waals surface area contributed by atoms with Crippen LogP contribution in [0.3, 0.4) is 0 Å². The van der Waals surface area contributed by atoms with Crippen LogP contribution < -0.4 is 0 Å². The van der Waals surface area contributed by atoms with Gasteiger partial charge < -0.3 is 9.41 Å². The van der Waals surface area contributed by atoms with Crippen LogP contribution in [0.1, 0.15) is 56.9 Å². The number of H-pyrrole nitrogens is 1. The molecule has 5 heterocycles. The van der Waals surface area contributed by atoms with E-state index in [4.69, 9.17) is 14.4 Å². The van der Waals surface area contributed by atoms with Gasteiger partial charge in [0, 0.05) is 29.1 Å². The molecule has 1 aliphatic rings. The fourth-order valence-corrected chi connectivity index (χ4v) is 7.13. The number of aromatic amines is 1. The summed E-state index contributed by atoms with van der Waals surface area (Å²) in [6.07, 6.45) is 7.84. The van der Waals surface area contributed by atoms with Crippen molar-refractivity contribution in [1.82, 2.24) is 34.8 Å². The Balaban J connectivity index is 1.23. The van der Waals surface area contributed by atoms with Crippen molar-refractivity contribution in [3.63, 3.8) is 0 Å². The molecule has 242 valence electrons. The van der Waals surface area contributed by atoms with Gasteiger partial charge in [-0.2, -0.15) is 0 Å². The molecule has 0 spiro atoms. The van der Waals surface area contributed by atoms with Gasteiger partial charge in [-0.05, 0) is 72.9 Å². The maximum atomic E-state index is 6.64. The quantitative estimate of drug-likeness (QED) is 0.159. The Morgan fingerprint density at radius 3 is 2.30 bits per heavy atom. The molecule has 1 saturated heterocycles. The molecule has 6 aromatic rings. The number of hydrogen-bond acceptors (Lipinski definition) is 6. The average Bonchev–Trinajstić information content (AvgIpc) is 3.64. The van der Waals surface area contributed by atoms with Crippen LogP contribution in [0, 0.1) is 0 Å². The van der Waals surface area contributed by atoms with Gasteiger partial charge in [-0.15, -0.1) is 5.10 Å². The zero-order valence-corrected chi connectivity index (χ0v) is 29.3. The van der Waals surface area contributed by atoms with Crippen molar-refractivity contribution in [2.75, 3.05) is 13.1 Å². The smallest absolute Gasteiger partial charge is 0.192 e. The van der Waals surface area contributed by atoms with Crippen LogP contribution in [-0.4, -0.2) is 56.3 Å². The van der Waals surface area contributed by atoms with Gasteiger partial charge in [0.25, 0.3) is 0 Å². The highest BCUT2D eigenvalue weighted by atomic mass is 28.4. The predicted octanol–water partition coefficient (Wildman–Crippen LogP) is 8.59. The minimum atomic E-state index is -2.01. The van der Waals surface area contributed by atoms with Gasteiger partial charge in [-0.1, -0.05) is 87.0 Å². The van der Waals surface area contributed by atoms with Gasteiger partial charge >= 0.3 is 0 Å². The van der Waals surface area contributed by atoms with Gasteiger partial charge in [0.15, 0.2) is 8.32 Å². The van der Waals surface area contributed by atoms with E-state index in [0.29, 0.717) is 13.2 Å². The normalized spacial score (nSPS) is 14.7. The van der Waals surface area contributed by atoms with E-state index in [2.05, 4.69) is 115 Å². The maximum absolute atomic E-state index is 6.64. The van der Waals surface area contributed by atoms with Crippen molar-refractivity contribution in [3.8, 4) is 22.5 Å². The molecule has 0 aliphatic carbocycles. The standard InChI is InChI=1S/C38H45N7OSi/c1-38(2,3)47(4,5)46-26-35-36(45(43-42-35)25-27-12-8-6-9-13-27)33-21-31-32-20-30(22-40-37(32)41-34(31)23-39-33)29-16-14-28(15-17-29)24-44-18-10-7-11-19-44/h6,8-9,12-17,20-23H,7,10-11,18-19,24-26H2,1-5H3,(H,40,41). The number of likely N-dealkylation sites (tertiary alicyclic amines) is 1. The molecular formula is C38H45N7OSi. The van der Waals surface area contributed by atoms with Crippen molar-refractivity contribution in [3.05, 3.63) is 95.9 Å². The lowest BCUT2D eigenvalue weighted by atomic mass is 10.0. The number of nitrogens with zero attached hydrogens (tertiary/aromatic N) is 6. The number of hydrogen-bond donors (Lipinski definition) is 1. The summed E-state index contributed by atoms with van der Waals surface area (Å²) in [6.45, 7) is 15.7. The Labute approximate surface area is 278 Å². The molecule has 2 aromatic carbocycles. The van der Waals surface area contributed by atoms with E-state index in [9.17, 15) is 0 Å². The summed E-state index contributed by atoms with van der Waals surface area (Å²) >= 11 is 0. The first-order valence-corrected chi connectivity index (χ1v) is 19.8. The van der Waals surface area contributed by atoms with Crippen LogP contribution >= 0.6 is 0 Å². The first kappa shape index (κ1) is 31.4. The molecule has 1 fully saturated rings. The molecule has 0 amide bonds. The summed E-state index contributed by atoms with van der Waals surface area (Å²) in [7, 11) is -2.01. The van der Waals surface area contributed by atoms with Gasteiger partial charge in [0.05, 0.1) is 30.6 Å². The predicted molar refractivity (Wildman–Crippen MR) is 193 cm³/mol. The molecular weight excluding hydrogens is 599 g/mol. The second-order valence-electron chi connectivity index (χ2n) is 14.5. The van der Waals surface area contributed by atoms with E-state index < -0.39 is 8.32 Å². The summed E-state index contributed by atoms with van der Waals surface area (Å²) in [5, 5.41) is 11.5. The third-order valence-electron chi connectivity index (χ3n) is 10.1. The van der Waals surface area contributed by atoms with E-state index in [1.165, 1.54) is 43.5 Å². The lowest BCUT2D eigenvalue weighted by molar-refractivity contribution is 0.221. The highest BCUT2D eigenvalue weighted by Crippen LogP contribution is 2.38. The van der Waals surface area contributed by atoms with Crippen molar-refractivity contribution < 1.29 is 4.43 Å². The summed E-state index contributed by atoms with van der Waals surface area (Å²) in [5.41, 5.74) is 9.09. The molecule has 9 heteroatoms. The zero-order valence-electron chi connectivity index (χ0n) is 28.3. The number of rotatable bonds is 9. The Morgan fingerprint density at radius 2 is 1.55 bits per heavy atom. The largest absolute Gasteiger partial charge is 0.411 e. The number of nitrogens with one attached hydrogen (secondary N) is 1. The van der Waals surface area contributed by atoms with Crippen LogP contribution in [0.4, 0.5) is 0 Å². The van der Waals surface area contributed by atoms with E-state index in [1.807, 2.05) is 23.1 Å². The molecule has 0 saturated carbocycles. The molecule has 1 aliphatic heterocycles. The van der Waals surface area contributed by atoms with Crippen molar-refractivity contribution >= 4 is 30.3 Å². The second-order valence-corrected chi connectivity index (χ2v) is 19.3. The lowest BCUT2D eigenvalue weighted by Gasteiger charge is -2.35. The summed E-state index contributed by atoms with van der Waals surface area (Å²) in [5.74, 6) is 0. The third kappa shape index (κ3) is 6.65. The fraction of sp³-hybridized carbons (Fsp3) is 0.368. The molecule has 0 atom stereocenters.